The van der Waals surface area contributed by atoms with Crippen LogP contribution in [0.5, 0.6) is 11.5 Å². The van der Waals surface area contributed by atoms with Crippen LogP contribution in [-0.2, 0) is 6.18 Å². The van der Waals surface area contributed by atoms with Crippen molar-refractivity contribution < 1.29 is 27.8 Å². The number of Topliss-reactive ketones (excluding diaryl/α,β-unsaturated/α-hetero) is 1. The lowest BCUT2D eigenvalue weighted by atomic mass is 10.1. The molecule has 0 atom stereocenters. The maximum absolute atomic E-state index is 12.8. The quantitative estimate of drug-likeness (QED) is 0.719. The smallest absolute Gasteiger partial charge is 0.416 e. The van der Waals surface area contributed by atoms with Gasteiger partial charge < -0.3 is 9.84 Å². The molecular weight excluding hydrogens is 377 g/mol. The molecular formula is C16H8BrF3O3. The van der Waals surface area contributed by atoms with Crippen molar-refractivity contribution in [1.82, 2.24) is 0 Å². The summed E-state index contributed by atoms with van der Waals surface area (Å²) in [5.41, 5.74) is -0.411. The number of halogens is 4. The zero-order valence-electron chi connectivity index (χ0n) is 11.3. The van der Waals surface area contributed by atoms with Gasteiger partial charge in [-0.15, -0.1) is 0 Å². The molecule has 2 aromatic rings. The molecule has 3 rings (SSSR count). The second-order valence-corrected chi connectivity index (χ2v) is 5.81. The van der Waals surface area contributed by atoms with Gasteiger partial charge in [-0.05, 0) is 42.0 Å². The summed E-state index contributed by atoms with van der Waals surface area (Å²) >= 11 is 3.02. The van der Waals surface area contributed by atoms with Gasteiger partial charge in [0.25, 0.3) is 0 Å². The number of alkyl halides is 3. The van der Waals surface area contributed by atoms with Gasteiger partial charge in [-0.3, -0.25) is 4.79 Å². The number of ether oxygens (including phenoxy) is 1. The first-order chi connectivity index (χ1) is 10.7. The van der Waals surface area contributed by atoms with Crippen molar-refractivity contribution in [2.24, 2.45) is 0 Å². The molecule has 0 radical (unpaired) electrons. The molecule has 1 heterocycles. The fourth-order valence-electron chi connectivity index (χ4n) is 2.19. The van der Waals surface area contributed by atoms with Crippen LogP contribution in [0, 0.1) is 0 Å². The molecule has 0 unspecified atom stereocenters. The minimum atomic E-state index is -4.49. The zero-order valence-corrected chi connectivity index (χ0v) is 12.9. The molecule has 7 heteroatoms. The topological polar surface area (TPSA) is 46.5 Å². The van der Waals surface area contributed by atoms with Gasteiger partial charge in [0.2, 0.25) is 5.78 Å². The van der Waals surface area contributed by atoms with E-state index in [9.17, 15) is 23.1 Å². The molecule has 0 fully saturated rings. The van der Waals surface area contributed by atoms with Crippen LogP contribution in [-0.4, -0.2) is 10.9 Å². The van der Waals surface area contributed by atoms with E-state index in [1.807, 2.05) is 0 Å². The molecule has 3 nitrogen and oxygen atoms in total. The minimum Gasteiger partial charge on any atom is -0.508 e. The lowest BCUT2D eigenvalue weighted by Gasteiger charge is -2.08. The highest BCUT2D eigenvalue weighted by Gasteiger charge is 2.31. The van der Waals surface area contributed by atoms with Crippen LogP contribution in [0.1, 0.15) is 21.5 Å². The number of hydrogen-bond donors (Lipinski definition) is 1. The fraction of sp³-hybridized carbons (Fsp3) is 0.0625. The third kappa shape index (κ3) is 3.10. The Balaban J connectivity index is 2.01. The SMILES string of the molecule is O=C1C(=Cc2cc(Br)cc(C(F)(F)F)c2)Oc2cc(O)ccc21. The first-order valence-electron chi connectivity index (χ1n) is 6.39. The number of fused-ring (bicyclic) bond motifs is 1. The van der Waals surface area contributed by atoms with E-state index >= 15 is 0 Å². The summed E-state index contributed by atoms with van der Waals surface area (Å²) in [4.78, 5) is 12.2. The highest BCUT2D eigenvalue weighted by molar-refractivity contribution is 9.10. The number of rotatable bonds is 1. The van der Waals surface area contributed by atoms with E-state index < -0.39 is 17.5 Å². The fourth-order valence-corrected chi connectivity index (χ4v) is 2.70. The summed E-state index contributed by atoms with van der Waals surface area (Å²) in [6.45, 7) is 0. The van der Waals surface area contributed by atoms with E-state index in [1.165, 1.54) is 30.3 Å². The Bertz CT molecular complexity index is 841. The second kappa shape index (κ2) is 5.42. The van der Waals surface area contributed by atoms with Gasteiger partial charge in [0.15, 0.2) is 5.76 Å². The average Bonchev–Trinajstić information content (AvgIpc) is 2.73. The molecule has 0 spiro atoms. The summed E-state index contributed by atoms with van der Waals surface area (Å²) in [7, 11) is 0. The minimum absolute atomic E-state index is 0.0698. The van der Waals surface area contributed by atoms with Crippen molar-refractivity contribution in [3.8, 4) is 11.5 Å². The maximum atomic E-state index is 12.8. The average molecular weight is 385 g/mol. The number of aromatic hydroxyl groups is 1. The van der Waals surface area contributed by atoms with Crippen LogP contribution in [0.3, 0.4) is 0 Å². The van der Waals surface area contributed by atoms with E-state index in [2.05, 4.69) is 15.9 Å². The van der Waals surface area contributed by atoms with Gasteiger partial charge in [-0.2, -0.15) is 13.2 Å². The normalized spacial score (nSPS) is 15.7. The number of allylic oxidation sites excluding steroid dienone is 1. The lowest BCUT2D eigenvalue weighted by Crippen LogP contribution is -2.05. The van der Waals surface area contributed by atoms with Gasteiger partial charge in [-0.25, -0.2) is 0 Å². The molecule has 118 valence electrons. The third-order valence-corrected chi connectivity index (χ3v) is 3.66. The number of ketones is 1. The summed E-state index contributed by atoms with van der Waals surface area (Å²) in [5, 5.41) is 9.38. The van der Waals surface area contributed by atoms with E-state index in [0.717, 1.165) is 12.1 Å². The van der Waals surface area contributed by atoms with E-state index in [4.69, 9.17) is 4.74 Å². The number of carbonyl (C=O) groups excluding carboxylic acids is 1. The Morgan fingerprint density at radius 2 is 1.87 bits per heavy atom. The lowest BCUT2D eigenvalue weighted by molar-refractivity contribution is -0.137. The molecule has 1 aliphatic heterocycles. The van der Waals surface area contributed by atoms with Gasteiger partial charge in [0.1, 0.15) is 11.5 Å². The standard InChI is InChI=1S/C16H8BrF3O3/c17-10-4-8(3-9(6-10)16(18,19)20)5-14-15(22)12-2-1-11(21)7-13(12)23-14/h1-7,21H. The monoisotopic (exact) mass is 384 g/mol. The Morgan fingerprint density at radius 3 is 2.57 bits per heavy atom. The number of hydrogen-bond acceptors (Lipinski definition) is 3. The van der Waals surface area contributed by atoms with Crippen molar-refractivity contribution in [3.63, 3.8) is 0 Å². The molecule has 1 N–H and O–H groups in total. The van der Waals surface area contributed by atoms with Crippen LogP contribution in [0.4, 0.5) is 13.2 Å². The van der Waals surface area contributed by atoms with Gasteiger partial charge in [-0.1, -0.05) is 15.9 Å². The Kier molecular flexibility index (Phi) is 3.68. The highest BCUT2D eigenvalue weighted by Crippen LogP contribution is 2.36. The summed E-state index contributed by atoms with van der Waals surface area (Å²) in [6, 6.07) is 7.33. The largest absolute Gasteiger partial charge is 0.508 e. The van der Waals surface area contributed by atoms with Crippen LogP contribution < -0.4 is 4.74 Å². The van der Waals surface area contributed by atoms with Crippen molar-refractivity contribution in [2.45, 2.75) is 6.18 Å². The number of phenolic OH excluding ortho intramolecular Hbond substituents is 1. The van der Waals surface area contributed by atoms with Crippen LogP contribution in [0.2, 0.25) is 0 Å². The Morgan fingerprint density at radius 1 is 1.13 bits per heavy atom. The number of carbonyl (C=O) groups is 1. The summed E-state index contributed by atoms with van der Waals surface area (Å²) in [5.74, 6) is -0.447. The van der Waals surface area contributed by atoms with Crippen LogP contribution in [0.15, 0.2) is 46.6 Å². The first kappa shape index (κ1) is 15.6. The Hall–Kier alpha value is -2.28. The van der Waals surface area contributed by atoms with Crippen LogP contribution >= 0.6 is 15.9 Å². The molecule has 1 aliphatic rings. The molecule has 0 aliphatic carbocycles. The molecule has 0 aromatic heterocycles. The predicted octanol–water partition coefficient (Wildman–Crippen LogP) is 4.79. The second-order valence-electron chi connectivity index (χ2n) is 4.89. The van der Waals surface area contributed by atoms with Crippen LogP contribution in [0.25, 0.3) is 6.08 Å². The molecule has 0 bridgehead atoms. The van der Waals surface area contributed by atoms with E-state index in [0.29, 0.717) is 0 Å². The number of phenols is 1. The molecule has 0 saturated heterocycles. The first-order valence-corrected chi connectivity index (χ1v) is 7.18. The molecule has 0 amide bonds. The van der Waals surface area contributed by atoms with Crippen molar-refractivity contribution in [3.05, 3.63) is 63.3 Å². The highest BCUT2D eigenvalue weighted by atomic mass is 79.9. The van der Waals surface area contributed by atoms with Gasteiger partial charge in [0, 0.05) is 10.5 Å². The maximum Gasteiger partial charge on any atom is 0.416 e. The molecule has 0 saturated carbocycles. The Labute approximate surface area is 137 Å². The summed E-state index contributed by atoms with van der Waals surface area (Å²) < 4.78 is 44.1. The van der Waals surface area contributed by atoms with Crippen molar-refractivity contribution >= 4 is 27.8 Å². The van der Waals surface area contributed by atoms with Gasteiger partial charge in [0.05, 0.1) is 11.1 Å². The zero-order chi connectivity index (χ0) is 16.8. The van der Waals surface area contributed by atoms with Crippen molar-refractivity contribution in [2.75, 3.05) is 0 Å². The molecule has 23 heavy (non-hydrogen) atoms. The van der Waals surface area contributed by atoms with Crippen molar-refractivity contribution in [1.29, 1.82) is 0 Å². The summed E-state index contributed by atoms with van der Waals surface area (Å²) in [6.07, 6.45) is -3.26. The molecule has 2 aromatic carbocycles. The van der Waals surface area contributed by atoms with E-state index in [1.54, 1.807) is 0 Å². The third-order valence-electron chi connectivity index (χ3n) is 3.20. The predicted molar refractivity (Wildman–Crippen MR) is 80.2 cm³/mol. The van der Waals surface area contributed by atoms with Gasteiger partial charge >= 0.3 is 6.18 Å². The number of benzene rings is 2. The van der Waals surface area contributed by atoms with E-state index in [-0.39, 0.29) is 32.9 Å².